The number of hydrogen-bond donors (Lipinski definition) is 0. The Balaban J connectivity index is 1.77. The first kappa shape index (κ1) is 13.6. The molecule has 0 spiro atoms. The Labute approximate surface area is 120 Å². The van der Waals surface area contributed by atoms with Crippen LogP contribution >= 0.6 is 0 Å². The SMILES string of the molecule is C[C@@H]1CCC(=O)[C@@H]2CCC=C1[C@@H]2OCc1ccccc1. The standard InChI is InChI=1S/C18H22O2/c1-13-10-11-17(19)16-9-5-8-15(13)18(16)20-12-14-6-3-2-4-7-14/h2-4,6-8,13,16,18H,5,9-12H2,1H3/t13-,16+,18+/m1/s1. The Kier molecular flexibility index (Phi) is 4.02. The first-order chi connectivity index (χ1) is 9.75. The average Bonchev–Trinajstić information content (AvgIpc) is 2.55. The second kappa shape index (κ2) is 5.92. The van der Waals surface area contributed by atoms with E-state index < -0.39 is 0 Å². The quantitative estimate of drug-likeness (QED) is 0.778. The second-order valence-corrected chi connectivity index (χ2v) is 6.01. The zero-order chi connectivity index (χ0) is 13.9. The molecule has 0 heterocycles. The molecule has 0 unspecified atom stereocenters. The number of hydrogen-bond acceptors (Lipinski definition) is 2. The minimum atomic E-state index is 0.00829. The number of benzene rings is 1. The number of fused-ring (bicyclic) bond motifs is 2. The molecule has 3 atom stereocenters. The Morgan fingerprint density at radius 1 is 1.20 bits per heavy atom. The van der Waals surface area contributed by atoms with Gasteiger partial charge in [-0.15, -0.1) is 0 Å². The normalized spacial score (nSPS) is 29.8. The minimum absolute atomic E-state index is 0.00829. The second-order valence-electron chi connectivity index (χ2n) is 6.01. The summed E-state index contributed by atoms with van der Waals surface area (Å²) in [6.45, 7) is 2.82. The van der Waals surface area contributed by atoms with Crippen LogP contribution in [0.1, 0.15) is 38.2 Å². The summed E-state index contributed by atoms with van der Waals surface area (Å²) >= 11 is 0. The van der Waals surface area contributed by atoms with Crippen LogP contribution in [0.25, 0.3) is 0 Å². The predicted octanol–water partition coefficient (Wildman–Crippen LogP) is 3.91. The molecule has 0 amide bonds. The highest BCUT2D eigenvalue weighted by atomic mass is 16.5. The molecule has 0 N–H and O–H groups in total. The highest BCUT2D eigenvalue weighted by Gasteiger charge is 2.38. The first-order valence-electron chi connectivity index (χ1n) is 7.64. The van der Waals surface area contributed by atoms with Crippen molar-refractivity contribution in [3.63, 3.8) is 0 Å². The first-order valence-corrected chi connectivity index (χ1v) is 7.64. The zero-order valence-corrected chi connectivity index (χ0v) is 12.0. The van der Waals surface area contributed by atoms with E-state index in [-0.39, 0.29) is 12.0 Å². The van der Waals surface area contributed by atoms with Crippen molar-refractivity contribution in [1.82, 2.24) is 0 Å². The Bertz CT molecular complexity index is 503. The maximum atomic E-state index is 12.3. The molecular weight excluding hydrogens is 248 g/mol. The molecule has 3 rings (SSSR count). The van der Waals surface area contributed by atoms with Gasteiger partial charge in [0.15, 0.2) is 0 Å². The number of carbonyl (C=O) groups is 1. The predicted molar refractivity (Wildman–Crippen MR) is 79.2 cm³/mol. The number of carbonyl (C=O) groups excluding carboxylic acids is 1. The van der Waals surface area contributed by atoms with Gasteiger partial charge in [0.1, 0.15) is 5.78 Å². The minimum Gasteiger partial charge on any atom is -0.368 e. The largest absolute Gasteiger partial charge is 0.368 e. The summed E-state index contributed by atoms with van der Waals surface area (Å²) in [4.78, 5) is 12.3. The monoisotopic (exact) mass is 270 g/mol. The van der Waals surface area contributed by atoms with Crippen molar-refractivity contribution in [3.05, 3.63) is 47.5 Å². The van der Waals surface area contributed by atoms with E-state index in [1.165, 1.54) is 11.1 Å². The van der Waals surface area contributed by atoms with E-state index >= 15 is 0 Å². The summed E-state index contributed by atoms with van der Waals surface area (Å²) < 4.78 is 6.17. The molecule has 1 aromatic rings. The molecule has 2 nitrogen and oxygen atoms in total. The van der Waals surface area contributed by atoms with Crippen molar-refractivity contribution in [1.29, 1.82) is 0 Å². The Morgan fingerprint density at radius 3 is 2.80 bits per heavy atom. The van der Waals surface area contributed by atoms with E-state index in [2.05, 4.69) is 25.1 Å². The van der Waals surface area contributed by atoms with E-state index in [1.807, 2.05) is 18.2 Å². The van der Waals surface area contributed by atoms with Gasteiger partial charge in [0.2, 0.25) is 0 Å². The third-order valence-corrected chi connectivity index (χ3v) is 4.63. The van der Waals surface area contributed by atoms with Gasteiger partial charge in [-0.1, -0.05) is 43.3 Å². The van der Waals surface area contributed by atoms with Crippen LogP contribution in [0.2, 0.25) is 0 Å². The summed E-state index contributed by atoms with van der Waals surface area (Å²) in [6, 6.07) is 10.2. The number of Topliss-reactive ketones (excluding diaryl/α,β-unsaturated/α-hetero) is 1. The van der Waals surface area contributed by atoms with E-state index in [9.17, 15) is 4.79 Å². The molecule has 2 aliphatic carbocycles. The molecule has 0 saturated heterocycles. The fraction of sp³-hybridized carbons (Fsp3) is 0.500. The smallest absolute Gasteiger partial charge is 0.138 e. The Hall–Kier alpha value is -1.41. The average molecular weight is 270 g/mol. The van der Waals surface area contributed by atoms with Gasteiger partial charge in [-0.25, -0.2) is 0 Å². The van der Waals surface area contributed by atoms with Crippen molar-refractivity contribution in [2.75, 3.05) is 0 Å². The van der Waals surface area contributed by atoms with Crippen LogP contribution in [0.5, 0.6) is 0 Å². The summed E-state index contributed by atoms with van der Waals surface area (Å²) in [5.74, 6) is 0.965. The molecule has 1 aromatic carbocycles. The van der Waals surface area contributed by atoms with Gasteiger partial charge in [0.05, 0.1) is 12.7 Å². The van der Waals surface area contributed by atoms with Crippen molar-refractivity contribution in [2.24, 2.45) is 11.8 Å². The third-order valence-electron chi connectivity index (χ3n) is 4.63. The van der Waals surface area contributed by atoms with Crippen molar-refractivity contribution in [3.8, 4) is 0 Å². The van der Waals surface area contributed by atoms with Crippen molar-refractivity contribution < 1.29 is 9.53 Å². The van der Waals surface area contributed by atoms with Gasteiger partial charge in [0.25, 0.3) is 0 Å². The van der Waals surface area contributed by atoms with Crippen LogP contribution in [0, 0.1) is 11.8 Å². The molecule has 106 valence electrons. The van der Waals surface area contributed by atoms with E-state index in [1.54, 1.807) is 0 Å². The molecule has 0 radical (unpaired) electrons. The van der Waals surface area contributed by atoms with Crippen LogP contribution < -0.4 is 0 Å². The molecule has 1 saturated carbocycles. The lowest BCUT2D eigenvalue weighted by Gasteiger charge is -2.31. The summed E-state index contributed by atoms with van der Waals surface area (Å²) in [5.41, 5.74) is 2.54. The van der Waals surface area contributed by atoms with Crippen LogP contribution in [-0.4, -0.2) is 11.9 Å². The van der Waals surface area contributed by atoms with Gasteiger partial charge in [-0.2, -0.15) is 0 Å². The van der Waals surface area contributed by atoms with Gasteiger partial charge in [0, 0.05) is 12.3 Å². The molecule has 2 aliphatic rings. The van der Waals surface area contributed by atoms with E-state index in [4.69, 9.17) is 4.74 Å². The van der Waals surface area contributed by atoms with Crippen LogP contribution in [0.15, 0.2) is 42.0 Å². The number of ether oxygens (including phenoxy) is 1. The zero-order valence-electron chi connectivity index (χ0n) is 12.0. The van der Waals surface area contributed by atoms with Gasteiger partial charge < -0.3 is 4.74 Å². The molecule has 2 heteroatoms. The van der Waals surface area contributed by atoms with Gasteiger partial charge in [-0.05, 0) is 36.3 Å². The molecule has 20 heavy (non-hydrogen) atoms. The maximum absolute atomic E-state index is 12.3. The summed E-state index contributed by atoms with van der Waals surface area (Å²) in [7, 11) is 0. The molecule has 0 aliphatic heterocycles. The number of rotatable bonds is 3. The highest BCUT2D eigenvalue weighted by molar-refractivity contribution is 5.83. The topological polar surface area (TPSA) is 26.3 Å². The molecule has 1 fully saturated rings. The fourth-order valence-electron chi connectivity index (χ4n) is 3.42. The molecular formula is C18H22O2. The molecule has 0 aromatic heterocycles. The summed E-state index contributed by atoms with van der Waals surface area (Å²) in [5, 5.41) is 0. The number of allylic oxidation sites excluding steroid dienone is 1. The highest BCUT2D eigenvalue weighted by Crippen LogP contribution is 2.38. The van der Waals surface area contributed by atoms with E-state index in [0.29, 0.717) is 24.7 Å². The number of ketones is 1. The fourth-order valence-corrected chi connectivity index (χ4v) is 3.42. The lowest BCUT2D eigenvalue weighted by atomic mass is 9.81. The molecule has 2 bridgehead atoms. The maximum Gasteiger partial charge on any atom is 0.138 e. The van der Waals surface area contributed by atoms with Crippen LogP contribution in [-0.2, 0) is 16.1 Å². The lowest BCUT2D eigenvalue weighted by molar-refractivity contribution is -0.127. The van der Waals surface area contributed by atoms with Gasteiger partial charge >= 0.3 is 0 Å². The van der Waals surface area contributed by atoms with Gasteiger partial charge in [-0.3, -0.25) is 4.79 Å². The van der Waals surface area contributed by atoms with Crippen LogP contribution in [0.4, 0.5) is 0 Å². The Morgan fingerprint density at radius 2 is 2.00 bits per heavy atom. The summed E-state index contributed by atoms with van der Waals surface area (Å²) in [6.07, 6.45) is 6.00. The lowest BCUT2D eigenvalue weighted by Crippen LogP contribution is -2.33. The van der Waals surface area contributed by atoms with Crippen LogP contribution in [0.3, 0.4) is 0 Å². The van der Waals surface area contributed by atoms with E-state index in [0.717, 1.165) is 19.3 Å². The van der Waals surface area contributed by atoms with Crippen molar-refractivity contribution >= 4 is 5.78 Å². The third kappa shape index (κ3) is 2.71. The van der Waals surface area contributed by atoms with Crippen molar-refractivity contribution in [2.45, 2.75) is 45.3 Å².